The second kappa shape index (κ2) is 29.9. The molecule has 0 unspecified atom stereocenters. The molecule has 97 heavy (non-hydrogen) atoms. The summed E-state index contributed by atoms with van der Waals surface area (Å²) in [4.78, 5) is 1.35. The van der Waals surface area contributed by atoms with Crippen LogP contribution in [0.3, 0.4) is 0 Å². The van der Waals surface area contributed by atoms with E-state index >= 15 is 87.8 Å². The van der Waals surface area contributed by atoms with Crippen molar-refractivity contribution in [1.82, 2.24) is 0 Å². The van der Waals surface area contributed by atoms with Gasteiger partial charge in [-0.1, -0.05) is 103 Å². The molecule has 0 aliphatic rings. The van der Waals surface area contributed by atoms with Gasteiger partial charge < -0.3 is 9.64 Å². The summed E-state index contributed by atoms with van der Waals surface area (Å²) in [5.74, 6) is -101. The summed E-state index contributed by atoms with van der Waals surface area (Å²) in [7, 11) is 4.29. The van der Waals surface area contributed by atoms with Crippen LogP contribution in [0.2, 0.25) is 0 Å². The largest absolute Gasteiger partial charge is 0.494 e. The molecule has 0 aliphatic carbocycles. The van der Waals surface area contributed by atoms with Gasteiger partial charge in [0.15, 0.2) is 116 Å². The second-order valence-corrected chi connectivity index (χ2v) is 23.0. The number of quaternary nitrogens is 1. The highest BCUT2D eigenvalue weighted by Crippen LogP contribution is 2.41. The SMILES string of the molecule is CCCCCCCCCCCCCCCCCCOc1ccc([NH+](C)C)cc1.Fc1c(F)c(F)c2c(F)c([B-](c3c(F)c(F)c4c(F)c(F)c(F)c(F)c4c3F)(c3c(F)c(F)c4c(F)c(F)c(F)c(F)c4c3F)c3c(F)c(F)c4c(F)c(F)c(F)c(F)c4c3F)c(F)c(F)c2c1F. The lowest BCUT2D eigenvalue weighted by atomic mass is 9.12. The molecular formula is C66H48BF28NO. The molecule has 0 radical (unpaired) electrons. The maximum absolute atomic E-state index is 17.4. The second-order valence-electron chi connectivity index (χ2n) is 23.0. The zero-order valence-electron chi connectivity index (χ0n) is 50.4. The van der Waals surface area contributed by atoms with Crippen LogP contribution in [0.5, 0.6) is 5.75 Å². The topological polar surface area (TPSA) is 13.7 Å². The Hall–Kier alpha value is -8.12. The van der Waals surface area contributed by atoms with Crippen molar-refractivity contribution in [3.63, 3.8) is 0 Å². The third-order valence-corrected chi connectivity index (χ3v) is 16.9. The number of nitrogens with one attached hydrogen (secondary N) is 1. The lowest BCUT2D eigenvalue weighted by Crippen LogP contribution is -3.00. The Morgan fingerprint density at radius 3 is 0.629 bits per heavy atom. The van der Waals surface area contributed by atoms with Gasteiger partial charge in [-0.3, -0.25) is 0 Å². The van der Waals surface area contributed by atoms with E-state index in [-0.39, 0.29) is 0 Å². The van der Waals surface area contributed by atoms with Crippen molar-refractivity contribution < 1.29 is 133 Å². The monoisotopic (exact) mass is 1410 g/mol. The van der Waals surface area contributed by atoms with Gasteiger partial charge in [-0.05, 0) is 18.6 Å². The summed E-state index contributed by atoms with van der Waals surface area (Å²) < 4.78 is 448. The molecule has 522 valence electrons. The summed E-state index contributed by atoms with van der Waals surface area (Å²) in [6, 6.07) is 8.49. The summed E-state index contributed by atoms with van der Waals surface area (Å²) in [6.07, 6.45) is 14.6. The Bertz CT molecular complexity index is 4090. The van der Waals surface area contributed by atoms with Gasteiger partial charge in [0.25, 0.3) is 0 Å². The molecule has 1 N–H and O–H groups in total. The van der Waals surface area contributed by atoms with Crippen molar-refractivity contribution in [3.8, 4) is 5.75 Å². The zero-order chi connectivity index (χ0) is 71.9. The van der Waals surface area contributed by atoms with Gasteiger partial charge in [-0.2, -0.15) is 0 Å². The van der Waals surface area contributed by atoms with Crippen LogP contribution in [0.15, 0.2) is 24.3 Å². The molecule has 0 spiro atoms. The van der Waals surface area contributed by atoms with Gasteiger partial charge in [-0.25, -0.2) is 123 Å². The van der Waals surface area contributed by atoms with Crippen LogP contribution < -0.4 is 31.5 Å². The van der Waals surface area contributed by atoms with Crippen molar-refractivity contribution in [2.24, 2.45) is 0 Å². The maximum atomic E-state index is 17.4. The van der Waals surface area contributed by atoms with Crippen LogP contribution in [0.1, 0.15) is 110 Å². The molecule has 0 bridgehead atoms. The molecule has 0 aliphatic heterocycles. The number of hydrogen-bond acceptors (Lipinski definition) is 1. The van der Waals surface area contributed by atoms with Crippen molar-refractivity contribution in [2.45, 2.75) is 110 Å². The molecule has 0 fully saturated rings. The molecule has 0 aromatic heterocycles. The normalized spacial score (nSPS) is 12.0. The van der Waals surface area contributed by atoms with E-state index < -0.39 is 234 Å². The Morgan fingerprint density at radius 2 is 0.423 bits per heavy atom. The van der Waals surface area contributed by atoms with Crippen molar-refractivity contribution in [1.29, 1.82) is 0 Å². The van der Waals surface area contributed by atoms with Gasteiger partial charge in [0.05, 0.1) is 63.8 Å². The predicted octanol–water partition coefficient (Wildman–Crippen LogP) is 18.7. The van der Waals surface area contributed by atoms with Crippen LogP contribution in [0.4, 0.5) is 129 Å². The fraction of sp³-hybridized carbons (Fsp3) is 0.303. The molecule has 0 amide bonds. The van der Waals surface area contributed by atoms with Crippen molar-refractivity contribution >= 4 is 76.8 Å². The lowest BCUT2D eigenvalue weighted by Gasteiger charge is -2.45. The first-order valence-electron chi connectivity index (χ1n) is 29.7. The van der Waals surface area contributed by atoms with Gasteiger partial charge >= 0.3 is 0 Å². The minimum Gasteiger partial charge on any atom is -0.494 e. The quantitative estimate of drug-likeness (QED) is 0.0222. The summed E-state index contributed by atoms with van der Waals surface area (Å²) in [5, 5.41) is -25.0. The Balaban J connectivity index is 0.000000361. The standard InChI is InChI=1S/C40BF28.C26H47NO/c42-13-1-5(25(54)37(66)33(62)21(1)50)17(46)29(58)9(13)41(10-14(43)2-6(18(47)30(10)59)26(55)38(67)34(63)22(2)51,11-15(44)3-7(19(48)31(11)60)27(56)39(68)35(64)23(3)52)12-16(45)4-8(20(49)32(12)61)28(57)40(69)36(65)24(4)53;1-4-5-6-7-8-9-10-11-12-13-14-15-16-17-18-19-24-28-26-22-20-25(21-23-26)27(2)3/h;20-23H,4-19,24H2,1-3H3/q-1;/p+1. The Labute approximate surface area is 531 Å². The summed E-state index contributed by atoms with van der Waals surface area (Å²) in [5.41, 5.74) is -14.6. The van der Waals surface area contributed by atoms with E-state index in [1.807, 2.05) is 0 Å². The molecule has 9 rings (SSSR count). The average Bonchev–Trinajstić information content (AvgIpc) is 0.671. The predicted molar refractivity (Wildman–Crippen MR) is 303 cm³/mol. The number of benzene rings is 9. The number of halogens is 28. The third-order valence-electron chi connectivity index (χ3n) is 16.9. The van der Waals surface area contributed by atoms with Crippen LogP contribution in [-0.2, 0) is 0 Å². The van der Waals surface area contributed by atoms with Crippen LogP contribution in [-0.4, -0.2) is 26.8 Å². The molecular weight excluding hydrogens is 1370 g/mol. The number of fused-ring (bicyclic) bond motifs is 4. The molecule has 0 atom stereocenters. The van der Waals surface area contributed by atoms with Crippen molar-refractivity contribution in [2.75, 3.05) is 20.7 Å². The fourth-order valence-electron chi connectivity index (χ4n) is 12.1. The smallest absolute Gasteiger partial charge is 0.198 e. The minimum atomic E-state index is -7.99. The van der Waals surface area contributed by atoms with Crippen LogP contribution in [0, 0.1) is 163 Å². The van der Waals surface area contributed by atoms with Gasteiger partial charge in [0.2, 0.25) is 0 Å². The molecule has 9 aromatic carbocycles. The van der Waals surface area contributed by atoms with E-state index in [9.17, 15) is 35.1 Å². The highest BCUT2D eigenvalue weighted by molar-refractivity contribution is 7.20. The van der Waals surface area contributed by atoms with E-state index in [4.69, 9.17) is 4.74 Å². The summed E-state index contributed by atoms with van der Waals surface area (Å²) in [6.45, 7) is 3.15. The molecule has 2 nitrogen and oxygen atoms in total. The Kier molecular flexibility index (Phi) is 23.0. The number of unbranched alkanes of at least 4 members (excludes halogenated alkanes) is 15. The van der Waals surface area contributed by atoms with E-state index in [2.05, 4.69) is 45.3 Å². The fourth-order valence-corrected chi connectivity index (χ4v) is 12.1. The first-order chi connectivity index (χ1) is 45.7. The highest BCUT2D eigenvalue weighted by Gasteiger charge is 2.52. The van der Waals surface area contributed by atoms with E-state index in [0.29, 0.717) is 0 Å². The first-order valence-corrected chi connectivity index (χ1v) is 29.7. The van der Waals surface area contributed by atoms with Gasteiger partial charge in [0, 0.05) is 12.1 Å². The molecule has 31 heteroatoms. The lowest BCUT2D eigenvalue weighted by molar-refractivity contribution is -0.786. The van der Waals surface area contributed by atoms with E-state index in [1.54, 1.807) is 0 Å². The van der Waals surface area contributed by atoms with Crippen molar-refractivity contribution in [3.05, 3.63) is 187 Å². The van der Waals surface area contributed by atoms with Crippen LogP contribution in [0.25, 0.3) is 43.1 Å². The third kappa shape index (κ3) is 12.8. The number of rotatable bonds is 23. The van der Waals surface area contributed by atoms with Crippen LogP contribution >= 0.6 is 0 Å². The van der Waals surface area contributed by atoms with Gasteiger partial charge in [0.1, 0.15) is 64.1 Å². The minimum absolute atomic E-state index is 0.854. The number of ether oxygens (including phenoxy) is 1. The zero-order valence-corrected chi connectivity index (χ0v) is 50.4. The van der Waals surface area contributed by atoms with Gasteiger partial charge in [-0.15, -0.1) is 21.9 Å². The molecule has 9 aromatic rings. The van der Waals surface area contributed by atoms with E-state index in [1.165, 1.54) is 113 Å². The summed E-state index contributed by atoms with van der Waals surface area (Å²) >= 11 is 0. The Morgan fingerprint density at radius 1 is 0.237 bits per heavy atom. The van der Waals surface area contributed by atoms with E-state index in [0.717, 1.165) is 12.4 Å². The number of hydrogen-bond donors (Lipinski definition) is 1. The molecule has 0 saturated carbocycles. The average molecular weight is 1410 g/mol. The molecule has 0 saturated heterocycles. The maximum Gasteiger partial charge on any atom is 0.198 e. The molecule has 0 heterocycles. The highest BCUT2D eigenvalue weighted by atomic mass is 19.2. The first kappa shape index (κ1) is 74.7.